The third-order valence-electron chi connectivity index (χ3n) is 4.18. The van der Waals surface area contributed by atoms with E-state index < -0.39 is 17.9 Å². The number of rotatable bonds is 3. The van der Waals surface area contributed by atoms with Crippen molar-refractivity contribution in [2.75, 3.05) is 10.6 Å². The highest BCUT2D eigenvalue weighted by atomic mass is 35.5. The van der Waals surface area contributed by atoms with Gasteiger partial charge in [-0.1, -0.05) is 29.8 Å². The van der Waals surface area contributed by atoms with Gasteiger partial charge in [-0.25, -0.2) is 0 Å². The third kappa shape index (κ3) is 4.03. The summed E-state index contributed by atoms with van der Waals surface area (Å²) in [4.78, 5) is 35.7. The minimum absolute atomic E-state index is 0.0257. The van der Waals surface area contributed by atoms with Gasteiger partial charge in [-0.15, -0.1) is 0 Å². The van der Waals surface area contributed by atoms with E-state index in [1.54, 1.807) is 43.3 Å². The average Bonchev–Trinajstić information content (AvgIpc) is 2.62. The Morgan fingerprint density at radius 1 is 1.12 bits per heavy atom. The van der Waals surface area contributed by atoms with E-state index in [4.69, 9.17) is 11.6 Å². The van der Waals surface area contributed by atoms with Crippen molar-refractivity contribution in [1.82, 2.24) is 5.32 Å². The predicted molar refractivity (Wildman–Crippen MR) is 100 cm³/mol. The van der Waals surface area contributed by atoms with Crippen LogP contribution >= 0.6 is 11.6 Å². The lowest BCUT2D eigenvalue weighted by molar-refractivity contribution is -0.136. The van der Waals surface area contributed by atoms with E-state index in [0.717, 1.165) is 16.8 Å². The molecule has 2 aromatic carbocycles. The van der Waals surface area contributed by atoms with Crippen LogP contribution in [-0.4, -0.2) is 17.7 Å². The van der Waals surface area contributed by atoms with Gasteiger partial charge in [-0.3, -0.25) is 14.4 Å². The molecule has 7 heteroatoms. The average molecular weight is 372 g/mol. The first kappa shape index (κ1) is 17.9. The first-order chi connectivity index (χ1) is 12.4. The molecule has 26 heavy (non-hydrogen) atoms. The van der Waals surface area contributed by atoms with Gasteiger partial charge in [0.1, 0.15) is 0 Å². The quantitative estimate of drug-likeness (QED) is 0.725. The first-order valence-corrected chi connectivity index (χ1v) is 8.61. The largest absolute Gasteiger partial charge is 0.341 e. The molecular formula is C19H18ClN3O3. The molecular weight excluding hydrogens is 354 g/mol. The Balaban J connectivity index is 1.64. The summed E-state index contributed by atoms with van der Waals surface area (Å²) in [6, 6.07) is 11.9. The highest BCUT2D eigenvalue weighted by Crippen LogP contribution is 2.26. The molecule has 1 atom stereocenters. The highest BCUT2D eigenvalue weighted by molar-refractivity contribution is 6.39. The fourth-order valence-electron chi connectivity index (χ4n) is 2.82. The molecule has 0 bridgehead atoms. The van der Waals surface area contributed by atoms with Gasteiger partial charge in [0, 0.05) is 22.8 Å². The Kier molecular flexibility index (Phi) is 5.23. The smallest absolute Gasteiger partial charge is 0.313 e. The second-order valence-corrected chi connectivity index (χ2v) is 6.50. The number of anilines is 2. The molecule has 0 saturated heterocycles. The summed E-state index contributed by atoms with van der Waals surface area (Å²) in [6.07, 6.45) is 1.00. The molecule has 2 aromatic rings. The number of carbonyl (C=O) groups excluding carboxylic acids is 3. The standard InChI is InChI=1S/C19H18ClN3O3/c1-11(14-4-2-3-5-15(14)20)21-18(25)19(26)22-13-7-8-16-12(10-13)6-9-17(24)23-16/h2-5,7-8,10-11H,6,9H2,1H3,(H,21,25)(H,22,26)(H,23,24). The third-order valence-corrected chi connectivity index (χ3v) is 4.53. The van der Waals surface area contributed by atoms with E-state index in [-0.39, 0.29) is 5.91 Å². The van der Waals surface area contributed by atoms with Crippen LogP contribution in [-0.2, 0) is 20.8 Å². The molecule has 1 unspecified atom stereocenters. The Morgan fingerprint density at radius 3 is 2.65 bits per heavy atom. The minimum atomic E-state index is -0.760. The number of benzene rings is 2. The topological polar surface area (TPSA) is 87.3 Å². The summed E-state index contributed by atoms with van der Waals surface area (Å²) in [7, 11) is 0. The molecule has 1 aliphatic heterocycles. The minimum Gasteiger partial charge on any atom is -0.341 e. The van der Waals surface area contributed by atoms with Crippen LogP contribution in [0, 0.1) is 0 Å². The number of aryl methyl sites for hydroxylation is 1. The second kappa shape index (κ2) is 7.58. The zero-order valence-electron chi connectivity index (χ0n) is 14.1. The molecule has 0 fully saturated rings. The maximum atomic E-state index is 12.2. The van der Waals surface area contributed by atoms with Crippen LogP contribution in [0.4, 0.5) is 11.4 Å². The van der Waals surface area contributed by atoms with Crippen LogP contribution in [0.5, 0.6) is 0 Å². The van der Waals surface area contributed by atoms with E-state index in [1.165, 1.54) is 0 Å². The normalized spacial score (nSPS) is 14.0. The molecule has 3 rings (SSSR count). The molecule has 6 nitrogen and oxygen atoms in total. The van der Waals surface area contributed by atoms with Crippen molar-refractivity contribution in [3.05, 3.63) is 58.6 Å². The van der Waals surface area contributed by atoms with Crippen LogP contribution in [0.1, 0.15) is 30.5 Å². The Labute approximate surface area is 155 Å². The van der Waals surface area contributed by atoms with Crippen LogP contribution in [0.3, 0.4) is 0 Å². The molecule has 1 aliphatic rings. The SMILES string of the molecule is CC(NC(=O)C(=O)Nc1ccc2c(c1)CCC(=O)N2)c1ccccc1Cl. The molecule has 1 heterocycles. The van der Waals surface area contributed by atoms with Crippen LogP contribution in [0.25, 0.3) is 0 Å². The molecule has 0 radical (unpaired) electrons. The molecule has 3 amide bonds. The van der Waals surface area contributed by atoms with Gasteiger partial charge in [-0.05, 0) is 48.7 Å². The van der Waals surface area contributed by atoms with Crippen molar-refractivity contribution >= 4 is 40.7 Å². The van der Waals surface area contributed by atoms with Gasteiger partial charge >= 0.3 is 11.8 Å². The van der Waals surface area contributed by atoms with Gasteiger partial charge in [-0.2, -0.15) is 0 Å². The van der Waals surface area contributed by atoms with E-state index in [2.05, 4.69) is 16.0 Å². The maximum absolute atomic E-state index is 12.2. The van der Waals surface area contributed by atoms with Crippen molar-refractivity contribution in [1.29, 1.82) is 0 Å². The molecule has 0 spiro atoms. The van der Waals surface area contributed by atoms with Crippen molar-refractivity contribution in [2.45, 2.75) is 25.8 Å². The summed E-state index contributed by atoms with van der Waals surface area (Å²) in [6.45, 7) is 1.76. The number of nitrogens with one attached hydrogen (secondary N) is 3. The lowest BCUT2D eigenvalue weighted by atomic mass is 10.0. The summed E-state index contributed by atoms with van der Waals surface area (Å²) < 4.78 is 0. The lowest BCUT2D eigenvalue weighted by Crippen LogP contribution is -2.37. The Morgan fingerprint density at radius 2 is 1.88 bits per heavy atom. The summed E-state index contributed by atoms with van der Waals surface area (Å²) in [5.74, 6) is -1.53. The van der Waals surface area contributed by atoms with Gasteiger partial charge < -0.3 is 16.0 Å². The number of halogens is 1. The number of amides is 3. The number of hydrogen-bond acceptors (Lipinski definition) is 3. The molecule has 0 aromatic heterocycles. The Bertz CT molecular complexity index is 882. The fourth-order valence-corrected chi connectivity index (χ4v) is 3.11. The van der Waals surface area contributed by atoms with Crippen LogP contribution in [0.2, 0.25) is 5.02 Å². The zero-order chi connectivity index (χ0) is 18.7. The number of hydrogen-bond donors (Lipinski definition) is 3. The van der Waals surface area contributed by atoms with Crippen LogP contribution in [0.15, 0.2) is 42.5 Å². The van der Waals surface area contributed by atoms with Gasteiger partial charge in [0.05, 0.1) is 6.04 Å². The number of carbonyl (C=O) groups is 3. The summed E-state index contributed by atoms with van der Waals surface area (Å²) in [5, 5.41) is 8.51. The monoisotopic (exact) mass is 371 g/mol. The molecule has 3 N–H and O–H groups in total. The van der Waals surface area contributed by atoms with Crippen molar-refractivity contribution in [3.63, 3.8) is 0 Å². The maximum Gasteiger partial charge on any atom is 0.313 e. The highest BCUT2D eigenvalue weighted by Gasteiger charge is 2.20. The van der Waals surface area contributed by atoms with Crippen molar-refractivity contribution < 1.29 is 14.4 Å². The van der Waals surface area contributed by atoms with Crippen LogP contribution < -0.4 is 16.0 Å². The predicted octanol–water partition coefficient (Wildman–Crippen LogP) is 3.04. The molecule has 134 valence electrons. The second-order valence-electron chi connectivity index (χ2n) is 6.09. The van der Waals surface area contributed by atoms with Gasteiger partial charge in [0.15, 0.2) is 0 Å². The van der Waals surface area contributed by atoms with Crippen molar-refractivity contribution in [3.8, 4) is 0 Å². The van der Waals surface area contributed by atoms with E-state index in [9.17, 15) is 14.4 Å². The van der Waals surface area contributed by atoms with Gasteiger partial charge in [0.25, 0.3) is 0 Å². The zero-order valence-corrected chi connectivity index (χ0v) is 14.9. The molecule has 0 saturated carbocycles. The summed E-state index contributed by atoms with van der Waals surface area (Å²) >= 11 is 6.11. The first-order valence-electron chi connectivity index (χ1n) is 8.23. The fraction of sp³-hybridized carbons (Fsp3) is 0.211. The van der Waals surface area contributed by atoms with E-state index in [0.29, 0.717) is 23.6 Å². The number of fused-ring (bicyclic) bond motifs is 1. The van der Waals surface area contributed by atoms with Crippen molar-refractivity contribution in [2.24, 2.45) is 0 Å². The lowest BCUT2D eigenvalue weighted by Gasteiger charge is -2.18. The van der Waals surface area contributed by atoms with E-state index >= 15 is 0 Å². The summed E-state index contributed by atoms with van der Waals surface area (Å²) in [5.41, 5.74) is 2.90. The van der Waals surface area contributed by atoms with E-state index in [1.807, 2.05) is 6.07 Å². The Hall–Kier alpha value is -2.86. The van der Waals surface area contributed by atoms with Gasteiger partial charge in [0.2, 0.25) is 5.91 Å². The molecule has 0 aliphatic carbocycles.